The Bertz CT molecular complexity index is 725. The molecule has 0 aliphatic carbocycles. The van der Waals surface area contributed by atoms with Crippen molar-refractivity contribution in [1.82, 2.24) is 0 Å². The van der Waals surface area contributed by atoms with Gasteiger partial charge in [0.1, 0.15) is 11.5 Å². The molecule has 24 heavy (non-hydrogen) atoms. The fraction of sp³-hybridized carbons (Fsp3) is 0.100. The van der Waals surface area contributed by atoms with Crippen molar-refractivity contribution in [1.29, 1.82) is 0 Å². The van der Waals surface area contributed by atoms with Gasteiger partial charge in [-0.05, 0) is 30.3 Å². The second-order valence-electron chi connectivity index (χ2n) is 5.23. The van der Waals surface area contributed by atoms with Gasteiger partial charge in [0.05, 0.1) is 25.6 Å². The lowest BCUT2D eigenvalue weighted by Gasteiger charge is -2.17. The van der Waals surface area contributed by atoms with E-state index in [9.17, 15) is 0 Å². The van der Waals surface area contributed by atoms with Gasteiger partial charge in [-0.25, -0.2) is 0 Å². The SMILES string of the molecule is COc1cc(OC)c(Nc2ccccc2)cc1Nc1ccccc1. The Labute approximate surface area is 142 Å². The molecule has 3 rings (SSSR count). The lowest BCUT2D eigenvalue weighted by atomic mass is 10.2. The molecule has 0 aliphatic rings. The standard InChI is InChI=1S/C20H20N2O2/c1-23-19-14-20(24-2)18(22-16-11-7-4-8-12-16)13-17(19)21-15-9-5-3-6-10-15/h3-14,21-22H,1-2H3. The summed E-state index contributed by atoms with van der Waals surface area (Å²) < 4.78 is 11.0. The molecule has 0 spiro atoms. The topological polar surface area (TPSA) is 42.5 Å². The summed E-state index contributed by atoms with van der Waals surface area (Å²) in [7, 11) is 3.30. The van der Waals surface area contributed by atoms with E-state index in [-0.39, 0.29) is 0 Å². The number of benzene rings is 3. The van der Waals surface area contributed by atoms with Crippen LogP contribution in [0.4, 0.5) is 22.7 Å². The summed E-state index contributed by atoms with van der Waals surface area (Å²) in [6, 6.07) is 23.8. The van der Waals surface area contributed by atoms with Crippen LogP contribution in [0.2, 0.25) is 0 Å². The van der Waals surface area contributed by atoms with E-state index in [0.717, 1.165) is 22.7 Å². The fourth-order valence-corrected chi connectivity index (χ4v) is 2.45. The van der Waals surface area contributed by atoms with Crippen LogP contribution in [-0.2, 0) is 0 Å². The van der Waals surface area contributed by atoms with Gasteiger partial charge >= 0.3 is 0 Å². The van der Waals surface area contributed by atoms with Gasteiger partial charge in [0.25, 0.3) is 0 Å². The number of rotatable bonds is 6. The fourth-order valence-electron chi connectivity index (χ4n) is 2.45. The summed E-state index contributed by atoms with van der Waals surface area (Å²) in [5, 5.41) is 6.76. The summed E-state index contributed by atoms with van der Waals surface area (Å²) in [5.74, 6) is 1.43. The van der Waals surface area contributed by atoms with Gasteiger partial charge in [-0.3, -0.25) is 0 Å². The first kappa shape index (κ1) is 15.7. The summed E-state index contributed by atoms with van der Waals surface area (Å²) in [6.45, 7) is 0. The van der Waals surface area contributed by atoms with Gasteiger partial charge < -0.3 is 20.1 Å². The normalized spacial score (nSPS) is 10.1. The molecule has 0 saturated carbocycles. The number of hydrogen-bond acceptors (Lipinski definition) is 4. The van der Waals surface area contributed by atoms with Gasteiger partial charge in [0.15, 0.2) is 0 Å². The predicted octanol–water partition coefficient (Wildman–Crippen LogP) is 5.19. The van der Waals surface area contributed by atoms with Crippen LogP contribution in [0.15, 0.2) is 72.8 Å². The van der Waals surface area contributed by atoms with Crippen LogP contribution in [0.25, 0.3) is 0 Å². The number of para-hydroxylation sites is 2. The highest BCUT2D eigenvalue weighted by molar-refractivity contribution is 5.78. The van der Waals surface area contributed by atoms with Crippen LogP contribution in [0.5, 0.6) is 11.5 Å². The molecule has 0 radical (unpaired) electrons. The zero-order valence-electron chi connectivity index (χ0n) is 13.7. The molecule has 0 atom stereocenters. The molecule has 0 fully saturated rings. The van der Waals surface area contributed by atoms with Crippen molar-refractivity contribution < 1.29 is 9.47 Å². The molecule has 0 heterocycles. The van der Waals surface area contributed by atoms with E-state index in [0.29, 0.717) is 11.5 Å². The van der Waals surface area contributed by atoms with E-state index >= 15 is 0 Å². The lowest BCUT2D eigenvalue weighted by molar-refractivity contribution is 0.397. The maximum absolute atomic E-state index is 5.49. The van der Waals surface area contributed by atoms with Crippen molar-refractivity contribution in [3.8, 4) is 11.5 Å². The first-order valence-corrected chi connectivity index (χ1v) is 7.70. The van der Waals surface area contributed by atoms with Crippen molar-refractivity contribution in [2.75, 3.05) is 24.9 Å². The van der Waals surface area contributed by atoms with E-state index < -0.39 is 0 Å². The Morgan fingerprint density at radius 1 is 0.583 bits per heavy atom. The minimum Gasteiger partial charge on any atom is -0.494 e. The zero-order valence-corrected chi connectivity index (χ0v) is 13.7. The van der Waals surface area contributed by atoms with Crippen molar-refractivity contribution in [2.45, 2.75) is 0 Å². The highest BCUT2D eigenvalue weighted by Crippen LogP contribution is 2.39. The van der Waals surface area contributed by atoms with Gasteiger partial charge in [-0.1, -0.05) is 36.4 Å². The smallest absolute Gasteiger partial charge is 0.146 e. The van der Waals surface area contributed by atoms with E-state index in [1.807, 2.05) is 72.8 Å². The summed E-state index contributed by atoms with van der Waals surface area (Å²) >= 11 is 0. The van der Waals surface area contributed by atoms with E-state index in [1.54, 1.807) is 14.2 Å². The molecule has 0 amide bonds. The quantitative estimate of drug-likeness (QED) is 0.656. The maximum atomic E-state index is 5.49. The van der Waals surface area contributed by atoms with Crippen LogP contribution in [0, 0.1) is 0 Å². The Balaban J connectivity index is 1.97. The summed E-state index contributed by atoms with van der Waals surface area (Å²) in [6.07, 6.45) is 0. The van der Waals surface area contributed by atoms with Crippen LogP contribution in [0.1, 0.15) is 0 Å². The first-order chi connectivity index (χ1) is 11.8. The third kappa shape index (κ3) is 3.60. The largest absolute Gasteiger partial charge is 0.494 e. The van der Waals surface area contributed by atoms with Crippen LogP contribution in [0.3, 0.4) is 0 Å². The van der Waals surface area contributed by atoms with Crippen molar-refractivity contribution >= 4 is 22.7 Å². The highest BCUT2D eigenvalue weighted by Gasteiger charge is 2.12. The Hall–Kier alpha value is -3.14. The number of anilines is 4. The molecule has 122 valence electrons. The molecule has 4 nitrogen and oxygen atoms in total. The van der Waals surface area contributed by atoms with Crippen LogP contribution >= 0.6 is 0 Å². The molecule has 3 aromatic carbocycles. The minimum atomic E-state index is 0.717. The van der Waals surface area contributed by atoms with Crippen LogP contribution < -0.4 is 20.1 Å². The lowest BCUT2D eigenvalue weighted by Crippen LogP contribution is -2.00. The van der Waals surface area contributed by atoms with E-state index in [2.05, 4.69) is 10.6 Å². The van der Waals surface area contributed by atoms with Gasteiger partial charge in [-0.2, -0.15) is 0 Å². The summed E-state index contributed by atoms with van der Waals surface area (Å²) in [5.41, 5.74) is 3.71. The number of ether oxygens (including phenoxy) is 2. The molecule has 0 saturated heterocycles. The Kier molecular flexibility index (Phi) is 4.87. The van der Waals surface area contributed by atoms with Gasteiger partial charge in [-0.15, -0.1) is 0 Å². The van der Waals surface area contributed by atoms with Gasteiger partial charge in [0, 0.05) is 17.4 Å². The molecule has 0 bridgehead atoms. The van der Waals surface area contributed by atoms with E-state index in [4.69, 9.17) is 9.47 Å². The summed E-state index contributed by atoms with van der Waals surface area (Å²) in [4.78, 5) is 0. The zero-order chi connectivity index (χ0) is 16.8. The average Bonchev–Trinajstić information content (AvgIpc) is 2.64. The maximum Gasteiger partial charge on any atom is 0.146 e. The van der Waals surface area contributed by atoms with Gasteiger partial charge in [0.2, 0.25) is 0 Å². The average molecular weight is 320 g/mol. The molecule has 0 unspecified atom stereocenters. The van der Waals surface area contributed by atoms with Crippen molar-refractivity contribution in [3.63, 3.8) is 0 Å². The number of nitrogens with one attached hydrogen (secondary N) is 2. The monoisotopic (exact) mass is 320 g/mol. The highest BCUT2D eigenvalue weighted by atomic mass is 16.5. The third-order valence-electron chi connectivity index (χ3n) is 3.63. The van der Waals surface area contributed by atoms with Crippen LogP contribution in [-0.4, -0.2) is 14.2 Å². The first-order valence-electron chi connectivity index (χ1n) is 7.70. The number of methoxy groups -OCH3 is 2. The van der Waals surface area contributed by atoms with Crippen molar-refractivity contribution in [2.24, 2.45) is 0 Å². The minimum absolute atomic E-state index is 0.717. The van der Waals surface area contributed by atoms with Crippen molar-refractivity contribution in [3.05, 3.63) is 72.8 Å². The molecule has 4 heteroatoms. The molecular weight excluding hydrogens is 300 g/mol. The molecule has 0 aliphatic heterocycles. The second kappa shape index (κ2) is 7.42. The Morgan fingerprint density at radius 3 is 1.38 bits per heavy atom. The predicted molar refractivity (Wildman–Crippen MR) is 99.0 cm³/mol. The Morgan fingerprint density at radius 2 is 1.00 bits per heavy atom. The molecular formula is C20H20N2O2. The second-order valence-corrected chi connectivity index (χ2v) is 5.23. The number of hydrogen-bond donors (Lipinski definition) is 2. The molecule has 0 aromatic heterocycles. The molecule has 3 aromatic rings. The third-order valence-corrected chi connectivity index (χ3v) is 3.63. The van der Waals surface area contributed by atoms with E-state index in [1.165, 1.54) is 0 Å². The molecule has 2 N–H and O–H groups in total.